The number of carbonyl (C=O) groups is 3. The van der Waals surface area contributed by atoms with Crippen LogP contribution in [0.15, 0.2) is 47.1 Å². The van der Waals surface area contributed by atoms with Crippen molar-refractivity contribution in [1.82, 2.24) is 9.80 Å². The number of ether oxygens (including phenoxy) is 1. The standard InChI is InChI=1S/C18H19N3O5/c1-25-14-6-3-2-5-13(14)19-16(22)18(24)21-10-8-20(9-11-21)17(23)15-7-4-12-26-15/h2-7,12H,8-11H2,1H3,(H,19,22). The predicted molar refractivity (Wildman–Crippen MR) is 92.8 cm³/mol. The molecule has 0 radical (unpaired) electrons. The van der Waals surface area contributed by atoms with Gasteiger partial charge in [0.25, 0.3) is 5.91 Å². The van der Waals surface area contributed by atoms with Gasteiger partial charge in [-0.15, -0.1) is 0 Å². The zero-order valence-electron chi connectivity index (χ0n) is 14.3. The molecule has 8 nitrogen and oxygen atoms in total. The molecule has 136 valence electrons. The highest BCUT2D eigenvalue weighted by molar-refractivity contribution is 6.39. The molecule has 3 amide bonds. The first-order chi connectivity index (χ1) is 12.6. The third-order valence-electron chi connectivity index (χ3n) is 4.14. The Balaban J connectivity index is 1.56. The number of anilines is 1. The maximum Gasteiger partial charge on any atom is 0.314 e. The summed E-state index contributed by atoms with van der Waals surface area (Å²) < 4.78 is 10.3. The van der Waals surface area contributed by atoms with Gasteiger partial charge in [-0.25, -0.2) is 0 Å². The lowest BCUT2D eigenvalue weighted by atomic mass is 10.2. The summed E-state index contributed by atoms with van der Waals surface area (Å²) in [5, 5.41) is 2.56. The number of benzene rings is 1. The number of hydrogen-bond donors (Lipinski definition) is 1. The van der Waals surface area contributed by atoms with Crippen molar-refractivity contribution in [3.05, 3.63) is 48.4 Å². The van der Waals surface area contributed by atoms with Crippen LogP contribution in [0.2, 0.25) is 0 Å². The molecule has 0 aliphatic carbocycles. The summed E-state index contributed by atoms with van der Waals surface area (Å²) in [5.41, 5.74) is 0.431. The van der Waals surface area contributed by atoms with E-state index < -0.39 is 11.8 Å². The van der Waals surface area contributed by atoms with E-state index in [2.05, 4.69) is 5.32 Å². The molecule has 3 rings (SSSR count). The van der Waals surface area contributed by atoms with Crippen molar-refractivity contribution in [3.63, 3.8) is 0 Å². The second-order valence-corrected chi connectivity index (χ2v) is 5.72. The van der Waals surface area contributed by atoms with E-state index in [0.29, 0.717) is 24.5 Å². The fraction of sp³-hybridized carbons (Fsp3) is 0.278. The van der Waals surface area contributed by atoms with Crippen LogP contribution < -0.4 is 10.1 Å². The Hall–Kier alpha value is -3.29. The van der Waals surface area contributed by atoms with E-state index in [1.807, 2.05) is 0 Å². The summed E-state index contributed by atoms with van der Waals surface area (Å²) in [7, 11) is 1.49. The Labute approximate surface area is 150 Å². The second-order valence-electron chi connectivity index (χ2n) is 5.72. The third-order valence-corrected chi connectivity index (χ3v) is 4.14. The molecule has 1 aromatic heterocycles. The first kappa shape index (κ1) is 17.5. The van der Waals surface area contributed by atoms with Gasteiger partial charge < -0.3 is 24.3 Å². The fourth-order valence-corrected chi connectivity index (χ4v) is 2.74. The van der Waals surface area contributed by atoms with Crippen molar-refractivity contribution >= 4 is 23.4 Å². The van der Waals surface area contributed by atoms with E-state index >= 15 is 0 Å². The average molecular weight is 357 g/mol. The van der Waals surface area contributed by atoms with Crippen LogP contribution in [0.3, 0.4) is 0 Å². The lowest BCUT2D eigenvalue weighted by Crippen LogP contribution is -2.52. The highest BCUT2D eigenvalue weighted by Crippen LogP contribution is 2.23. The Morgan fingerprint density at radius 2 is 1.69 bits per heavy atom. The van der Waals surface area contributed by atoms with Crippen molar-refractivity contribution in [3.8, 4) is 5.75 Å². The van der Waals surface area contributed by atoms with E-state index in [-0.39, 0.29) is 24.8 Å². The minimum atomic E-state index is -0.736. The molecule has 1 aliphatic heterocycles. The van der Waals surface area contributed by atoms with Crippen LogP contribution in [0.5, 0.6) is 5.75 Å². The number of methoxy groups -OCH3 is 1. The van der Waals surface area contributed by atoms with Crippen LogP contribution in [0.1, 0.15) is 10.6 Å². The summed E-state index contributed by atoms with van der Waals surface area (Å²) in [6.07, 6.45) is 1.44. The fourth-order valence-electron chi connectivity index (χ4n) is 2.74. The van der Waals surface area contributed by atoms with Crippen molar-refractivity contribution in [2.24, 2.45) is 0 Å². The number of furan rings is 1. The zero-order valence-corrected chi connectivity index (χ0v) is 14.3. The number of hydrogen-bond acceptors (Lipinski definition) is 5. The second kappa shape index (κ2) is 7.73. The van der Waals surface area contributed by atoms with Gasteiger partial charge in [0.1, 0.15) is 5.75 Å². The van der Waals surface area contributed by atoms with Gasteiger partial charge in [-0.3, -0.25) is 14.4 Å². The Kier molecular flexibility index (Phi) is 5.21. The van der Waals surface area contributed by atoms with Crippen LogP contribution in [-0.4, -0.2) is 60.8 Å². The smallest absolute Gasteiger partial charge is 0.314 e. The van der Waals surface area contributed by atoms with E-state index in [4.69, 9.17) is 9.15 Å². The number of nitrogens with zero attached hydrogens (tertiary/aromatic N) is 2. The van der Waals surface area contributed by atoms with Gasteiger partial charge in [0.2, 0.25) is 0 Å². The van der Waals surface area contributed by atoms with Crippen molar-refractivity contribution in [2.75, 3.05) is 38.6 Å². The maximum atomic E-state index is 12.4. The summed E-state index contributed by atoms with van der Waals surface area (Å²) in [6.45, 7) is 1.25. The molecular weight excluding hydrogens is 338 g/mol. The molecule has 8 heteroatoms. The van der Waals surface area contributed by atoms with Crippen molar-refractivity contribution in [2.45, 2.75) is 0 Å². The van der Waals surface area contributed by atoms with Gasteiger partial charge in [0.05, 0.1) is 19.1 Å². The molecule has 0 unspecified atom stereocenters. The molecule has 0 atom stereocenters. The SMILES string of the molecule is COc1ccccc1NC(=O)C(=O)N1CCN(C(=O)c2ccco2)CC1. The largest absolute Gasteiger partial charge is 0.495 e. The molecule has 0 saturated carbocycles. The zero-order chi connectivity index (χ0) is 18.5. The van der Waals surface area contributed by atoms with Crippen LogP contribution in [0.25, 0.3) is 0 Å². The first-order valence-corrected chi connectivity index (χ1v) is 8.16. The minimum Gasteiger partial charge on any atom is -0.495 e. The van der Waals surface area contributed by atoms with Crippen LogP contribution in [-0.2, 0) is 9.59 Å². The average Bonchev–Trinajstić information content (AvgIpc) is 3.22. The molecule has 26 heavy (non-hydrogen) atoms. The minimum absolute atomic E-state index is 0.222. The van der Waals surface area contributed by atoms with E-state index in [1.165, 1.54) is 18.3 Å². The highest BCUT2D eigenvalue weighted by Gasteiger charge is 2.29. The first-order valence-electron chi connectivity index (χ1n) is 8.16. The molecule has 2 heterocycles. The molecule has 1 N–H and O–H groups in total. The van der Waals surface area contributed by atoms with Crippen LogP contribution >= 0.6 is 0 Å². The number of amides is 3. The molecule has 0 spiro atoms. The molecular formula is C18H19N3O5. The van der Waals surface area contributed by atoms with Crippen LogP contribution in [0.4, 0.5) is 5.69 Å². The predicted octanol–water partition coefficient (Wildman–Crippen LogP) is 1.21. The Morgan fingerprint density at radius 1 is 1.00 bits per heavy atom. The molecule has 1 fully saturated rings. The van der Waals surface area contributed by atoms with E-state index in [1.54, 1.807) is 41.3 Å². The number of rotatable bonds is 3. The number of para-hydroxylation sites is 2. The van der Waals surface area contributed by atoms with Gasteiger partial charge in [-0.1, -0.05) is 12.1 Å². The maximum absolute atomic E-state index is 12.4. The monoisotopic (exact) mass is 357 g/mol. The molecule has 2 aromatic rings. The highest BCUT2D eigenvalue weighted by atomic mass is 16.5. The normalized spacial score (nSPS) is 14.0. The van der Waals surface area contributed by atoms with Gasteiger partial charge in [0, 0.05) is 26.2 Å². The van der Waals surface area contributed by atoms with E-state index in [0.717, 1.165) is 0 Å². The molecule has 1 aliphatic rings. The summed E-state index contributed by atoms with van der Waals surface area (Å²) >= 11 is 0. The summed E-state index contributed by atoms with van der Waals surface area (Å²) in [6, 6.07) is 10.1. The number of carbonyl (C=O) groups excluding carboxylic acids is 3. The van der Waals surface area contributed by atoms with Crippen molar-refractivity contribution < 1.29 is 23.5 Å². The number of nitrogens with one attached hydrogen (secondary N) is 1. The van der Waals surface area contributed by atoms with Gasteiger partial charge >= 0.3 is 11.8 Å². The van der Waals surface area contributed by atoms with Crippen LogP contribution in [0, 0.1) is 0 Å². The van der Waals surface area contributed by atoms with Crippen molar-refractivity contribution in [1.29, 1.82) is 0 Å². The molecule has 1 saturated heterocycles. The molecule has 1 aromatic carbocycles. The van der Waals surface area contributed by atoms with Gasteiger partial charge in [-0.05, 0) is 24.3 Å². The Bertz CT molecular complexity index is 795. The Morgan fingerprint density at radius 3 is 2.35 bits per heavy atom. The third kappa shape index (κ3) is 3.69. The quantitative estimate of drug-likeness (QED) is 0.834. The van der Waals surface area contributed by atoms with Gasteiger partial charge in [0.15, 0.2) is 5.76 Å². The lowest BCUT2D eigenvalue weighted by Gasteiger charge is -2.33. The summed E-state index contributed by atoms with van der Waals surface area (Å²) in [5.74, 6) is -0.858. The number of piperazine rings is 1. The lowest BCUT2D eigenvalue weighted by molar-refractivity contribution is -0.144. The summed E-state index contributed by atoms with van der Waals surface area (Å²) in [4.78, 5) is 39.8. The van der Waals surface area contributed by atoms with E-state index in [9.17, 15) is 14.4 Å². The molecule has 0 bridgehead atoms. The topological polar surface area (TPSA) is 92.1 Å². The van der Waals surface area contributed by atoms with Gasteiger partial charge in [-0.2, -0.15) is 0 Å².